The van der Waals surface area contributed by atoms with Crippen molar-refractivity contribution in [3.8, 4) is 0 Å². The van der Waals surface area contributed by atoms with Crippen molar-refractivity contribution in [1.29, 1.82) is 0 Å². The van der Waals surface area contributed by atoms with Crippen LogP contribution in [0.3, 0.4) is 0 Å². The van der Waals surface area contributed by atoms with E-state index in [-0.39, 0.29) is 0 Å². The molecule has 4 heteroatoms. The van der Waals surface area contributed by atoms with Crippen LogP contribution < -0.4 is 5.32 Å². The van der Waals surface area contributed by atoms with E-state index < -0.39 is 0 Å². The summed E-state index contributed by atoms with van der Waals surface area (Å²) < 4.78 is 0. The molecule has 3 rings (SSSR count). The Labute approximate surface area is 120 Å². The molecule has 0 radical (unpaired) electrons. The van der Waals surface area contributed by atoms with Gasteiger partial charge >= 0.3 is 0 Å². The summed E-state index contributed by atoms with van der Waals surface area (Å²) in [6.07, 6.45) is 6.06. The van der Waals surface area contributed by atoms with Crippen LogP contribution in [0.1, 0.15) is 49.0 Å². The van der Waals surface area contributed by atoms with E-state index in [1.165, 1.54) is 35.7 Å². The van der Waals surface area contributed by atoms with E-state index in [0.29, 0.717) is 11.6 Å². The average Bonchev–Trinajstić information content (AvgIpc) is 3.17. The lowest BCUT2D eigenvalue weighted by atomic mass is 9.95. The van der Waals surface area contributed by atoms with E-state index >= 15 is 0 Å². The summed E-state index contributed by atoms with van der Waals surface area (Å²) in [5, 5.41) is 5.08. The zero-order valence-electron chi connectivity index (χ0n) is 12.3. The molecular formula is C15H25N3S. The smallest absolute Gasteiger partial charge is 0.110 e. The second-order valence-electron chi connectivity index (χ2n) is 6.43. The van der Waals surface area contributed by atoms with Crippen molar-refractivity contribution in [3.05, 3.63) is 16.1 Å². The lowest BCUT2D eigenvalue weighted by molar-refractivity contribution is 0.159. The molecule has 2 unspecified atom stereocenters. The van der Waals surface area contributed by atoms with Crippen LogP contribution in [-0.4, -0.2) is 35.1 Å². The molecule has 3 nitrogen and oxygen atoms in total. The Bertz CT molecular complexity index is 440. The predicted molar refractivity (Wildman–Crippen MR) is 80.6 cm³/mol. The normalized spacial score (nSPS) is 31.1. The second kappa shape index (κ2) is 5.15. The van der Waals surface area contributed by atoms with Gasteiger partial charge in [0.05, 0.1) is 6.04 Å². The molecule has 0 aromatic carbocycles. The van der Waals surface area contributed by atoms with Gasteiger partial charge < -0.3 is 5.32 Å². The summed E-state index contributed by atoms with van der Waals surface area (Å²) in [7, 11) is 0. The molecule has 2 fully saturated rings. The fraction of sp³-hybridized carbons (Fsp3) is 0.800. The predicted octanol–water partition coefficient (Wildman–Crippen LogP) is 2.98. The summed E-state index contributed by atoms with van der Waals surface area (Å²) in [5.41, 5.74) is 0.317. The van der Waals surface area contributed by atoms with Crippen molar-refractivity contribution in [2.75, 3.05) is 19.6 Å². The first-order valence-corrected chi connectivity index (χ1v) is 8.31. The molecule has 0 bridgehead atoms. The topological polar surface area (TPSA) is 28.2 Å². The molecule has 2 atom stereocenters. The second-order valence-corrected chi connectivity index (χ2v) is 7.69. The van der Waals surface area contributed by atoms with Crippen LogP contribution in [0.2, 0.25) is 0 Å². The van der Waals surface area contributed by atoms with Gasteiger partial charge in [0, 0.05) is 29.7 Å². The van der Waals surface area contributed by atoms with Gasteiger partial charge in [-0.2, -0.15) is 0 Å². The van der Waals surface area contributed by atoms with Gasteiger partial charge in [0.1, 0.15) is 5.01 Å². The van der Waals surface area contributed by atoms with Crippen LogP contribution in [-0.2, 0) is 0 Å². The SMILES string of the molecule is Cc1cnc(C(C)N2CCCNC(C)(C3CC3)C2)s1. The number of rotatable bonds is 3. The van der Waals surface area contributed by atoms with Crippen molar-refractivity contribution in [1.82, 2.24) is 15.2 Å². The molecule has 19 heavy (non-hydrogen) atoms. The molecular weight excluding hydrogens is 254 g/mol. The minimum Gasteiger partial charge on any atom is -0.310 e. The summed E-state index contributed by atoms with van der Waals surface area (Å²) in [4.78, 5) is 8.54. The van der Waals surface area contributed by atoms with E-state index in [4.69, 9.17) is 0 Å². The molecule has 1 aliphatic heterocycles. The Morgan fingerprint density at radius 2 is 2.32 bits per heavy atom. The first-order valence-electron chi connectivity index (χ1n) is 7.50. The highest BCUT2D eigenvalue weighted by Crippen LogP contribution is 2.41. The molecule has 0 spiro atoms. The molecule has 1 saturated carbocycles. The molecule has 1 aliphatic carbocycles. The molecule has 1 saturated heterocycles. The third-order valence-electron chi connectivity index (χ3n) is 4.71. The minimum absolute atomic E-state index is 0.317. The number of nitrogens with zero attached hydrogens (tertiary/aromatic N) is 2. The Morgan fingerprint density at radius 1 is 1.53 bits per heavy atom. The van der Waals surface area contributed by atoms with E-state index in [1.54, 1.807) is 0 Å². The van der Waals surface area contributed by atoms with Gasteiger partial charge in [0.15, 0.2) is 0 Å². The van der Waals surface area contributed by atoms with Crippen molar-refractivity contribution < 1.29 is 0 Å². The Balaban J connectivity index is 1.75. The first kappa shape index (κ1) is 13.5. The number of aryl methyl sites for hydroxylation is 1. The number of hydrogen-bond donors (Lipinski definition) is 1. The van der Waals surface area contributed by atoms with E-state index in [1.807, 2.05) is 17.5 Å². The van der Waals surface area contributed by atoms with Crippen molar-refractivity contribution in [3.63, 3.8) is 0 Å². The van der Waals surface area contributed by atoms with Crippen LogP contribution in [0.25, 0.3) is 0 Å². The van der Waals surface area contributed by atoms with Gasteiger partial charge in [-0.15, -0.1) is 11.3 Å². The average molecular weight is 279 g/mol. The van der Waals surface area contributed by atoms with Gasteiger partial charge in [-0.1, -0.05) is 0 Å². The molecule has 2 heterocycles. The largest absolute Gasteiger partial charge is 0.310 e. The van der Waals surface area contributed by atoms with Crippen LogP contribution in [0.15, 0.2) is 6.20 Å². The maximum atomic E-state index is 4.59. The number of nitrogens with one attached hydrogen (secondary N) is 1. The summed E-state index contributed by atoms with van der Waals surface area (Å²) in [6.45, 7) is 10.4. The van der Waals surface area contributed by atoms with Gasteiger partial charge in [0.25, 0.3) is 0 Å². The van der Waals surface area contributed by atoms with Crippen molar-refractivity contribution >= 4 is 11.3 Å². The molecule has 106 valence electrons. The number of hydrogen-bond acceptors (Lipinski definition) is 4. The van der Waals surface area contributed by atoms with Gasteiger partial charge in [-0.25, -0.2) is 4.98 Å². The summed E-state index contributed by atoms with van der Waals surface area (Å²) in [6, 6.07) is 0.455. The monoisotopic (exact) mass is 279 g/mol. The minimum atomic E-state index is 0.317. The zero-order valence-corrected chi connectivity index (χ0v) is 13.1. The lowest BCUT2D eigenvalue weighted by Crippen LogP contribution is -2.51. The van der Waals surface area contributed by atoms with Crippen molar-refractivity contribution in [2.24, 2.45) is 5.92 Å². The third-order valence-corrected chi connectivity index (χ3v) is 5.79. The number of aromatic nitrogens is 1. The van der Waals surface area contributed by atoms with Crippen LogP contribution in [0, 0.1) is 12.8 Å². The van der Waals surface area contributed by atoms with Gasteiger partial charge in [-0.05, 0) is 52.5 Å². The Kier molecular flexibility index (Phi) is 3.67. The highest BCUT2D eigenvalue weighted by molar-refractivity contribution is 7.11. The maximum Gasteiger partial charge on any atom is 0.110 e. The number of thiazole rings is 1. The standard InChI is InChI=1S/C15H25N3S/c1-11-9-16-14(19-11)12(2)18-8-4-7-17-15(3,10-18)13-5-6-13/h9,12-13,17H,4-8,10H2,1-3H3. The molecule has 1 aromatic rings. The molecule has 1 N–H and O–H groups in total. The fourth-order valence-electron chi connectivity index (χ4n) is 3.26. The van der Waals surface area contributed by atoms with Crippen LogP contribution >= 0.6 is 11.3 Å². The van der Waals surface area contributed by atoms with Crippen molar-refractivity contribution in [2.45, 2.75) is 51.6 Å². The molecule has 1 aromatic heterocycles. The molecule has 2 aliphatic rings. The summed E-state index contributed by atoms with van der Waals surface area (Å²) in [5.74, 6) is 0.887. The van der Waals surface area contributed by atoms with Crippen LogP contribution in [0.4, 0.5) is 0 Å². The van der Waals surface area contributed by atoms with Gasteiger partial charge in [0.2, 0.25) is 0 Å². The Hall–Kier alpha value is -0.450. The highest BCUT2D eigenvalue weighted by atomic mass is 32.1. The quantitative estimate of drug-likeness (QED) is 0.922. The van der Waals surface area contributed by atoms with E-state index in [0.717, 1.165) is 19.0 Å². The first-order chi connectivity index (χ1) is 9.08. The fourth-order valence-corrected chi connectivity index (χ4v) is 4.12. The van der Waals surface area contributed by atoms with Gasteiger partial charge in [-0.3, -0.25) is 4.90 Å². The molecule has 0 amide bonds. The Morgan fingerprint density at radius 3 is 2.95 bits per heavy atom. The van der Waals surface area contributed by atoms with E-state index in [2.05, 4.69) is 36.0 Å². The highest BCUT2D eigenvalue weighted by Gasteiger charge is 2.43. The zero-order chi connectivity index (χ0) is 13.5. The lowest BCUT2D eigenvalue weighted by Gasteiger charge is -2.36. The van der Waals surface area contributed by atoms with Crippen LogP contribution in [0.5, 0.6) is 0 Å². The summed E-state index contributed by atoms with van der Waals surface area (Å²) >= 11 is 1.85. The maximum absolute atomic E-state index is 4.59. The van der Waals surface area contributed by atoms with E-state index in [9.17, 15) is 0 Å². The third kappa shape index (κ3) is 2.86.